The molecular weight excluding hydrogens is 673 g/mol. The van der Waals surface area contributed by atoms with Crippen molar-refractivity contribution >= 4 is 23.2 Å². The lowest BCUT2D eigenvalue weighted by Gasteiger charge is -2.48. The first kappa shape index (κ1) is 32.7. The lowest BCUT2D eigenvalue weighted by Crippen LogP contribution is -2.63. The highest BCUT2D eigenvalue weighted by Gasteiger charge is 2.51. The standard InChI is InChI=1S/C32H28Cl2F2N6O6/c1-43-32-30(45-16-20-14-42(40-38-20)22-8-10-24(34)26(36)12-22)29(28-27(47-32)17-46-31(48-28)18-5-3-2-4-6-18)44-15-19-13-41(39-37-19)21-7-9-23(33)25(35)11-21/h2-14,27-32H,15-17H2,1H3/t27-,28-,29+,30-,31-,32+/m1/s1. The zero-order chi connectivity index (χ0) is 33.2. The number of halogens is 4. The summed E-state index contributed by atoms with van der Waals surface area (Å²) in [6.07, 6.45) is -1.07. The first-order chi connectivity index (χ1) is 23.4. The van der Waals surface area contributed by atoms with Crippen molar-refractivity contribution in [1.82, 2.24) is 30.0 Å². The minimum atomic E-state index is -0.871. The van der Waals surface area contributed by atoms with Gasteiger partial charge in [-0.25, -0.2) is 18.1 Å². The minimum Gasteiger partial charge on any atom is -0.366 e. The van der Waals surface area contributed by atoms with Crippen molar-refractivity contribution in [1.29, 1.82) is 0 Å². The van der Waals surface area contributed by atoms with E-state index in [1.807, 2.05) is 30.3 Å². The van der Waals surface area contributed by atoms with E-state index in [9.17, 15) is 8.78 Å². The van der Waals surface area contributed by atoms with E-state index in [2.05, 4.69) is 20.6 Å². The molecule has 250 valence electrons. The molecule has 2 aliphatic heterocycles. The molecule has 2 aromatic heterocycles. The van der Waals surface area contributed by atoms with Crippen LogP contribution in [0.15, 0.2) is 79.1 Å². The topological polar surface area (TPSA) is 117 Å². The summed E-state index contributed by atoms with van der Waals surface area (Å²) in [5.74, 6) is -1.16. The fraction of sp³-hybridized carbons (Fsp3) is 0.312. The predicted octanol–water partition coefficient (Wildman–Crippen LogP) is 5.39. The first-order valence-corrected chi connectivity index (χ1v) is 15.6. The van der Waals surface area contributed by atoms with E-state index in [0.717, 1.165) is 5.56 Å². The van der Waals surface area contributed by atoms with E-state index in [-0.39, 0.29) is 29.9 Å². The second kappa shape index (κ2) is 14.3. The molecule has 0 unspecified atom stereocenters. The zero-order valence-electron chi connectivity index (χ0n) is 25.2. The van der Waals surface area contributed by atoms with Crippen LogP contribution in [-0.4, -0.2) is 74.4 Å². The number of rotatable bonds is 10. The molecule has 2 fully saturated rings. The molecule has 0 amide bonds. The summed E-state index contributed by atoms with van der Waals surface area (Å²) in [4.78, 5) is 0. The number of aromatic nitrogens is 6. The van der Waals surface area contributed by atoms with E-state index >= 15 is 0 Å². The fourth-order valence-electron chi connectivity index (χ4n) is 5.48. The van der Waals surface area contributed by atoms with E-state index in [0.29, 0.717) is 22.8 Å². The van der Waals surface area contributed by atoms with Crippen molar-refractivity contribution in [2.75, 3.05) is 13.7 Å². The Morgan fingerprint density at radius 1 is 0.792 bits per heavy atom. The van der Waals surface area contributed by atoms with E-state index in [1.165, 1.54) is 40.7 Å². The Bertz CT molecular complexity index is 1870. The molecular formula is C32H28Cl2F2N6O6. The van der Waals surface area contributed by atoms with Gasteiger partial charge in [0.15, 0.2) is 12.6 Å². The Morgan fingerprint density at radius 2 is 1.38 bits per heavy atom. The minimum absolute atomic E-state index is 0.000864. The zero-order valence-corrected chi connectivity index (χ0v) is 26.7. The quantitative estimate of drug-likeness (QED) is 0.188. The van der Waals surface area contributed by atoms with Gasteiger partial charge in [-0.3, -0.25) is 0 Å². The molecule has 0 aliphatic carbocycles. The molecule has 0 saturated carbocycles. The number of ether oxygens (including phenoxy) is 6. The predicted molar refractivity (Wildman–Crippen MR) is 165 cm³/mol. The van der Waals surface area contributed by atoms with Crippen LogP contribution >= 0.6 is 23.2 Å². The Labute approximate surface area is 283 Å². The van der Waals surface area contributed by atoms with Crippen LogP contribution in [0.5, 0.6) is 0 Å². The van der Waals surface area contributed by atoms with Gasteiger partial charge < -0.3 is 28.4 Å². The van der Waals surface area contributed by atoms with Crippen molar-refractivity contribution in [3.05, 3.63) is 118 Å². The smallest absolute Gasteiger partial charge is 0.186 e. The number of benzene rings is 3. The number of fused-ring (bicyclic) bond motifs is 1. The van der Waals surface area contributed by atoms with Crippen molar-refractivity contribution in [3.63, 3.8) is 0 Å². The van der Waals surface area contributed by atoms with Crippen molar-refractivity contribution in [3.8, 4) is 11.4 Å². The average molecular weight is 702 g/mol. The third-order valence-electron chi connectivity index (χ3n) is 7.85. The van der Waals surface area contributed by atoms with Crippen LogP contribution in [0, 0.1) is 11.6 Å². The summed E-state index contributed by atoms with van der Waals surface area (Å²) in [6, 6.07) is 18.2. The summed E-state index contributed by atoms with van der Waals surface area (Å²) >= 11 is 11.7. The molecule has 3 aromatic carbocycles. The van der Waals surface area contributed by atoms with Gasteiger partial charge in [-0.1, -0.05) is 64.0 Å². The van der Waals surface area contributed by atoms with E-state index < -0.39 is 48.6 Å². The molecule has 0 spiro atoms. The van der Waals surface area contributed by atoms with Gasteiger partial charge in [0.05, 0.1) is 53.6 Å². The van der Waals surface area contributed by atoms with Gasteiger partial charge in [-0.2, -0.15) is 0 Å². The lowest BCUT2D eigenvalue weighted by atomic mass is 9.97. The lowest BCUT2D eigenvalue weighted by molar-refractivity contribution is -0.369. The van der Waals surface area contributed by atoms with Crippen LogP contribution in [0.2, 0.25) is 10.0 Å². The van der Waals surface area contributed by atoms with Crippen LogP contribution in [0.25, 0.3) is 11.4 Å². The highest BCUT2D eigenvalue weighted by Crippen LogP contribution is 2.37. The maximum absolute atomic E-state index is 14.1. The highest BCUT2D eigenvalue weighted by atomic mass is 35.5. The van der Waals surface area contributed by atoms with Crippen LogP contribution in [-0.2, 0) is 41.6 Å². The molecule has 0 bridgehead atoms. The van der Waals surface area contributed by atoms with E-state index in [4.69, 9.17) is 51.6 Å². The summed E-state index contributed by atoms with van der Waals surface area (Å²) in [5.41, 5.74) is 2.62. The SMILES string of the molecule is CO[C@H]1O[C@@H]2CO[C@@H](c3ccccc3)O[C@H]2[C@H](OCc2cn(-c3ccc(Cl)c(F)c3)nn2)[C@H]1OCc1cn(-c2ccc(Cl)c(F)c2)nn1. The van der Waals surface area contributed by atoms with Gasteiger partial charge in [0.1, 0.15) is 47.4 Å². The van der Waals surface area contributed by atoms with Crippen molar-refractivity contribution < 1.29 is 37.2 Å². The normalized spacial score (nSPS) is 24.0. The molecule has 4 heterocycles. The summed E-state index contributed by atoms with van der Waals surface area (Å²) < 4.78 is 68.2. The molecule has 7 rings (SSSR count). The molecule has 0 N–H and O–H groups in total. The van der Waals surface area contributed by atoms with Gasteiger partial charge in [0.25, 0.3) is 0 Å². The Morgan fingerprint density at radius 3 is 1.94 bits per heavy atom. The van der Waals surface area contributed by atoms with Gasteiger partial charge in [0, 0.05) is 24.8 Å². The molecule has 2 saturated heterocycles. The van der Waals surface area contributed by atoms with Crippen molar-refractivity contribution in [2.24, 2.45) is 0 Å². The number of nitrogens with zero attached hydrogens (tertiary/aromatic N) is 6. The Balaban J connectivity index is 1.12. The molecule has 12 nitrogen and oxygen atoms in total. The maximum Gasteiger partial charge on any atom is 0.186 e. The van der Waals surface area contributed by atoms with Crippen LogP contribution in [0.4, 0.5) is 8.78 Å². The molecule has 2 aliphatic rings. The molecule has 6 atom stereocenters. The molecule has 0 radical (unpaired) electrons. The molecule has 16 heteroatoms. The molecule has 5 aromatic rings. The second-order valence-electron chi connectivity index (χ2n) is 11.0. The molecule has 48 heavy (non-hydrogen) atoms. The van der Waals surface area contributed by atoms with Gasteiger partial charge >= 0.3 is 0 Å². The van der Waals surface area contributed by atoms with Gasteiger partial charge in [0.2, 0.25) is 0 Å². The third-order valence-corrected chi connectivity index (χ3v) is 8.47. The Hall–Kier alpha value is -3.86. The van der Waals surface area contributed by atoms with Gasteiger partial charge in [-0.15, -0.1) is 10.2 Å². The van der Waals surface area contributed by atoms with E-state index in [1.54, 1.807) is 24.5 Å². The van der Waals surface area contributed by atoms with Crippen LogP contribution in [0.1, 0.15) is 23.2 Å². The maximum atomic E-state index is 14.1. The largest absolute Gasteiger partial charge is 0.366 e. The average Bonchev–Trinajstić information content (AvgIpc) is 3.79. The number of methoxy groups -OCH3 is 1. The highest BCUT2D eigenvalue weighted by molar-refractivity contribution is 6.31. The van der Waals surface area contributed by atoms with Crippen LogP contribution < -0.4 is 0 Å². The monoisotopic (exact) mass is 700 g/mol. The third kappa shape index (κ3) is 6.97. The summed E-state index contributed by atoms with van der Waals surface area (Å²) in [5, 5.41) is 16.6. The van der Waals surface area contributed by atoms with Gasteiger partial charge in [-0.05, 0) is 24.3 Å². The fourth-order valence-corrected chi connectivity index (χ4v) is 5.72. The van der Waals surface area contributed by atoms with Crippen molar-refractivity contribution in [2.45, 2.75) is 50.2 Å². The number of hydrogen-bond donors (Lipinski definition) is 0. The first-order valence-electron chi connectivity index (χ1n) is 14.8. The van der Waals surface area contributed by atoms with Crippen LogP contribution in [0.3, 0.4) is 0 Å². The summed E-state index contributed by atoms with van der Waals surface area (Å²) in [6.45, 7) is 0.192. The summed E-state index contributed by atoms with van der Waals surface area (Å²) in [7, 11) is 1.50. The second-order valence-corrected chi connectivity index (χ2v) is 11.8. The number of hydrogen-bond acceptors (Lipinski definition) is 10. The Kier molecular flexibility index (Phi) is 9.75.